The Bertz CT molecular complexity index is 1850. The van der Waals surface area contributed by atoms with E-state index in [2.05, 4.69) is 57.8 Å². The molecule has 2 amide bonds. The average Bonchev–Trinajstić information content (AvgIpc) is 3.56. The molecule has 1 aliphatic heterocycles. The van der Waals surface area contributed by atoms with Crippen LogP contribution in [-0.4, -0.2) is 53.4 Å². The third kappa shape index (κ3) is 10.1. The zero-order valence-corrected chi connectivity index (χ0v) is 29.6. The Morgan fingerprint density at radius 2 is 1.74 bits per heavy atom. The summed E-state index contributed by atoms with van der Waals surface area (Å²) in [6.45, 7) is 4.87. The Kier molecular flexibility index (Phi) is 12.7. The predicted molar refractivity (Wildman–Crippen MR) is 204 cm³/mol. The molecular formula is C41H46FN5O2S. The molecule has 0 aliphatic carbocycles. The minimum absolute atomic E-state index is 0.0276. The standard InChI is InChI=1S/C41H46FN5O2S/c1-2-3-4-5-6-8-13-31-14-19-37(44-26-31)39-25-38-40(50-39)33(20-22-43-38)16-15-32-17-18-34(24-36(32)42)45-41(48)46-35-27-47(28-35)29-49-23-21-30-11-9-7-10-12-30/h7,9-12,14-20,22,24-26,35H,2-6,8,13,21,23,27-29H2,1H3,(H2,45,46,48)/b16-15-. The topological polar surface area (TPSA) is 79.4 Å². The molecule has 2 aromatic carbocycles. The van der Waals surface area contributed by atoms with Crippen LogP contribution in [-0.2, 0) is 17.6 Å². The molecule has 4 heterocycles. The number of rotatable bonds is 17. The van der Waals surface area contributed by atoms with Gasteiger partial charge < -0.3 is 15.4 Å². The fourth-order valence-electron chi connectivity index (χ4n) is 6.11. The molecule has 0 saturated carbocycles. The maximum atomic E-state index is 15.1. The van der Waals surface area contributed by atoms with E-state index in [9.17, 15) is 4.79 Å². The zero-order chi connectivity index (χ0) is 34.5. The first kappa shape index (κ1) is 35.4. The minimum Gasteiger partial charge on any atom is -0.366 e. The summed E-state index contributed by atoms with van der Waals surface area (Å²) in [6.07, 6.45) is 17.1. The number of nitrogens with zero attached hydrogens (tertiary/aromatic N) is 3. The van der Waals surface area contributed by atoms with Gasteiger partial charge in [-0.2, -0.15) is 0 Å². The number of likely N-dealkylation sites (tertiary alicyclic amines) is 1. The van der Waals surface area contributed by atoms with Crippen molar-refractivity contribution in [1.29, 1.82) is 0 Å². The number of hydrogen-bond acceptors (Lipinski definition) is 6. The number of hydrogen-bond donors (Lipinski definition) is 2. The highest BCUT2D eigenvalue weighted by atomic mass is 32.1. The fourth-order valence-corrected chi connectivity index (χ4v) is 7.20. The number of nitrogens with one attached hydrogen (secondary N) is 2. The first-order valence-electron chi connectivity index (χ1n) is 17.8. The number of thiophene rings is 1. The van der Waals surface area contributed by atoms with Crippen molar-refractivity contribution in [2.45, 2.75) is 64.3 Å². The summed E-state index contributed by atoms with van der Waals surface area (Å²) in [4.78, 5) is 25.1. The first-order valence-corrected chi connectivity index (χ1v) is 18.6. The van der Waals surface area contributed by atoms with Crippen LogP contribution in [0.4, 0.5) is 14.9 Å². The Morgan fingerprint density at radius 1 is 0.920 bits per heavy atom. The van der Waals surface area contributed by atoms with Crippen molar-refractivity contribution in [2.75, 3.05) is 31.7 Å². The molecule has 9 heteroatoms. The van der Waals surface area contributed by atoms with Crippen molar-refractivity contribution in [3.63, 3.8) is 0 Å². The minimum atomic E-state index is -0.413. The molecule has 0 atom stereocenters. The Hall–Kier alpha value is -4.44. The molecule has 1 saturated heterocycles. The van der Waals surface area contributed by atoms with Crippen molar-refractivity contribution in [3.05, 3.63) is 113 Å². The van der Waals surface area contributed by atoms with Gasteiger partial charge in [-0.05, 0) is 72.4 Å². The highest BCUT2D eigenvalue weighted by Gasteiger charge is 2.27. The number of carbonyl (C=O) groups is 1. The Morgan fingerprint density at radius 3 is 2.54 bits per heavy atom. The number of halogens is 1. The maximum Gasteiger partial charge on any atom is 0.319 e. The molecule has 0 bridgehead atoms. The number of urea groups is 1. The monoisotopic (exact) mass is 691 g/mol. The second-order valence-electron chi connectivity index (χ2n) is 13.0. The summed E-state index contributed by atoms with van der Waals surface area (Å²) < 4.78 is 21.9. The summed E-state index contributed by atoms with van der Waals surface area (Å²) >= 11 is 1.64. The molecule has 0 spiro atoms. The van der Waals surface area contributed by atoms with E-state index >= 15 is 4.39 Å². The lowest BCUT2D eigenvalue weighted by atomic mass is 10.1. The smallest absolute Gasteiger partial charge is 0.319 e. The number of aromatic nitrogens is 2. The van der Waals surface area contributed by atoms with Crippen molar-refractivity contribution in [3.8, 4) is 10.6 Å². The van der Waals surface area contributed by atoms with Gasteiger partial charge in [0.05, 0.1) is 40.2 Å². The highest BCUT2D eigenvalue weighted by Crippen LogP contribution is 2.34. The largest absolute Gasteiger partial charge is 0.366 e. The van der Waals surface area contributed by atoms with Gasteiger partial charge in [-0.3, -0.25) is 14.9 Å². The third-order valence-corrected chi connectivity index (χ3v) is 10.2. The van der Waals surface area contributed by atoms with E-state index in [4.69, 9.17) is 9.72 Å². The lowest BCUT2D eigenvalue weighted by Gasteiger charge is -2.39. The normalized spacial score (nSPS) is 13.6. The molecule has 5 aromatic rings. The quantitative estimate of drug-likeness (QED) is 0.0950. The van der Waals surface area contributed by atoms with E-state index in [0.29, 0.717) is 37.7 Å². The summed E-state index contributed by atoms with van der Waals surface area (Å²) in [5, 5.41) is 5.70. The van der Waals surface area contributed by atoms with Crippen molar-refractivity contribution in [2.24, 2.45) is 0 Å². The van der Waals surface area contributed by atoms with Gasteiger partial charge in [0.25, 0.3) is 0 Å². The number of carbonyl (C=O) groups excluding carboxylic acids is 1. The lowest BCUT2D eigenvalue weighted by Crippen LogP contribution is -2.60. The van der Waals surface area contributed by atoms with E-state index in [1.165, 1.54) is 55.7 Å². The van der Waals surface area contributed by atoms with E-state index in [0.717, 1.165) is 39.2 Å². The van der Waals surface area contributed by atoms with Gasteiger partial charge in [-0.1, -0.05) is 87.6 Å². The summed E-state index contributed by atoms with van der Waals surface area (Å²) in [7, 11) is 0. The van der Waals surface area contributed by atoms with E-state index in [1.54, 1.807) is 35.7 Å². The van der Waals surface area contributed by atoms with Crippen molar-refractivity contribution in [1.82, 2.24) is 20.2 Å². The molecule has 260 valence electrons. The van der Waals surface area contributed by atoms with Crippen molar-refractivity contribution >= 4 is 45.4 Å². The molecule has 3 aromatic heterocycles. The molecule has 0 radical (unpaired) electrons. The van der Waals surface area contributed by atoms with Crippen LogP contribution in [0.5, 0.6) is 0 Å². The van der Waals surface area contributed by atoms with E-state index in [1.807, 2.05) is 36.5 Å². The van der Waals surface area contributed by atoms with Gasteiger partial charge in [-0.25, -0.2) is 9.18 Å². The van der Waals surface area contributed by atoms with Gasteiger partial charge in [0.2, 0.25) is 0 Å². The lowest BCUT2D eigenvalue weighted by molar-refractivity contribution is -0.0154. The summed E-state index contributed by atoms with van der Waals surface area (Å²) in [6, 6.07) is 23.0. The molecule has 7 nitrogen and oxygen atoms in total. The predicted octanol–water partition coefficient (Wildman–Crippen LogP) is 9.59. The molecule has 50 heavy (non-hydrogen) atoms. The maximum absolute atomic E-state index is 15.1. The first-order chi connectivity index (χ1) is 24.5. The Balaban J connectivity index is 0.965. The number of pyridine rings is 2. The third-order valence-electron chi connectivity index (χ3n) is 8.98. The highest BCUT2D eigenvalue weighted by molar-refractivity contribution is 7.22. The van der Waals surface area contributed by atoms with Gasteiger partial charge in [0, 0.05) is 36.7 Å². The molecular weight excluding hydrogens is 646 g/mol. The van der Waals surface area contributed by atoms with E-state index < -0.39 is 5.82 Å². The van der Waals surface area contributed by atoms with Crippen LogP contribution in [0, 0.1) is 5.82 Å². The van der Waals surface area contributed by atoms with Crippen LogP contribution < -0.4 is 10.6 Å². The number of unbranched alkanes of at least 4 members (excludes halogenated alkanes) is 5. The number of fused-ring (bicyclic) bond motifs is 1. The molecule has 1 fully saturated rings. The zero-order valence-electron chi connectivity index (χ0n) is 28.7. The van der Waals surface area contributed by atoms with Crippen LogP contribution >= 0.6 is 11.3 Å². The van der Waals surface area contributed by atoms with Crippen LogP contribution in [0.2, 0.25) is 0 Å². The number of anilines is 1. The molecule has 0 unspecified atom stereocenters. The number of aryl methyl sites for hydroxylation is 1. The van der Waals surface area contributed by atoms with Crippen LogP contribution in [0.15, 0.2) is 85.2 Å². The van der Waals surface area contributed by atoms with E-state index in [-0.39, 0.29) is 12.1 Å². The van der Waals surface area contributed by atoms with Crippen LogP contribution in [0.3, 0.4) is 0 Å². The second-order valence-corrected chi connectivity index (χ2v) is 14.0. The summed E-state index contributed by atoms with van der Waals surface area (Å²) in [5.74, 6) is -0.413. The number of ether oxygens (including phenoxy) is 1. The molecule has 2 N–H and O–H groups in total. The van der Waals surface area contributed by atoms with Crippen LogP contribution in [0.25, 0.3) is 32.9 Å². The Labute approximate surface area is 298 Å². The molecule has 1 aliphatic rings. The summed E-state index contributed by atoms with van der Waals surface area (Å²) in [5.41, 5.74) is 6.15. The van der Waals surface area contributed by atoms with Gasteiger partial charge in [-0.15, -0.1) is 11.3 Å². The van der Waals surface area contributed by atoms with Gasteiger partial charge >= 0.3 is 6.03 Å². The van der Waals surface area contributed by atoms with Crippen molar-refractivity contribution < 1.29 is 13.9 Å². The molecule has 6 rings (SSSR count). The average molecular weight is 692 g/mol. The number of benzene rings is 2. The van der Waals surface area contributed by atoms with Gasteiger partial charge in [0.1, 0.15) is 5.82 Å². The SMILES string of the molecule is CCCCCCCCc1ccc(-c2cc3nccc(/C=C\c4ccc(NC(=O)NC5CN(COCCc6ccccc6)C5)cc4F)c3s2)nc1. The van der Waals surface area contributed by atoms with Gasteiger partial charge in [0.15, 0.2) is 0 Å². The second kappa shape index (κ2) is 18.0. The fraction of sp³-hybridized carbons (Fsp3) is 0.341. The van der Waals surface area contributed by atoms with Crippen LogP contribution in [0.1, 0.15) is 67.7 Å². The number of amides is 2.